The Morgan fingerprint density at radius 3 is 2.57 bits per heavy atom. The van der Waals surface area contributed by atoms with E-state index in [1.807, 2.05) is 0 Å². The van der Waals surface area contributed by atoms with E-state index < -0.39 is 0 Å². The number of hydrogen-bond acceptors (Lipinski definition) is 2. The third kappa shape index (κ3) is 3.02. The first-order valence-corrected chi connectivity index (χ1v) is 7.46. The molecule has 0 N–H and O–H groups in total. The van der Waals surface area contributed by atoms with Crippen LogP contribution in [0.1, 0.15) is 19.4 Å². The third-order valence-electron chi connectivity index (χ3n) is 1.55. The lowest BCUT2D eigenvalue weighted by molar-refractivity contribution is 0.994. The van der Waals surface area contributed by atoms with Gasteiger partial charge in [-0.15, -0.1) is 10.2 Å². The van der Waals surface area contributed by atoms with Crippen molar-refractivity contribution in [2.45, 2.75) is 24.7 Å². The van der Waals surface area contributed by atoms with Crippen LogP contribution >= 0.6 is 43.5 Å². The average Bonchev–Trinajstić information content (AvgIpc) is 2.11. The summed E-state index contributed by atoms with van der Waals surface area (Å²) in [4.78, 5) is 0. The van der Waals surface area contributed by atoms with Crippen LogP contribution in [0.5, 0.6) is 0 Å². The van der Waals surface area contributed by atoms with Gasteiger partial charge in [-0.1, -0.05) is 46.9 Å². The highest BCUT2D eigenvalue weighted by atomic mass is 79.9. The first kappa shape index (κ1) is 12.6. The van der Waals surface area contributed by atoms with Crippen LogP contribution in [-0.2, 0) is 5.33 Å². The molecule has 76 valence electrons. The highest BCUT2D eigenvalue weighted by Gasteiger charge is 2.14. The number of hydrogen-bond donors (Lipinski definition) is 0. The molecule has 0 fully saturated rings. The predicted octanol–water partition coefficient (Wildman–Crippen LogP) is 2.95. The standard InChI is InChI=1S/C8H9Br2ClN2Si/c1-4(2)14-6-5(3-9)8(11)13-12-7(6)10/h4H,3H2,1-2H3. The first-order valence-electron chi connectivity index (χ1n) is 4.09. The third-order valence-corrected chi connectivity index (χ3v) is 4.74. The van der Waals surface area contributed by atoms with Crippen molar-refractivity contribution in [1.82, 2.24) is 10.2 Å². The zero-order chi connectivity index (χ0) is 10.7. The van der Waals surface area contributed by atoms with Crippen LogP contribution in [0.25, 0.3) is 0 Å². The fourth-order valence-corrected chi connectivity index (χ4v) is 4.02. The van der Waals surface area contributed by atoms with E-state index in [2.05, 4.69) is 55.9 Å². The van der Waals surface area contributed by atoms with Crippen LogP contribution in [0, 0.1) is 0 Å². The lowest BCUT2D eigenvalue weighted by Crippen LogP contribution is -2.25. The summed E-state index contributed by atoms with van der Waals surface area (Å²) in [6.07, 6.45) is 0. The fraction of sp³-hybridized carbons (Fsp3) is 0.500. The summed E-state index contributed by atoms with van der Waals surface area (Å²) < 4.78 is 0.809. The van der Waals surface area contributed by atoms with Gasteiger partial charge in [0, 0.05) is 10.9 Å². The van der Waals surface area contributed by atoms with Gasteiger partial charge in [0.25, 0.3) is 0 Å². The van der Waals surface area contributed by atoms with Crippen LogP contribution in [-0.4, -0.2) is 19.7 Å². The van der Waals surface area contributed by atoms with Crippen LogP contribution in [0.15, 0.2) is 4.60 Å². The van der Waals surface area contributed by atoms with E-state index >= 15 is 0 Å². The van der Waals surface area contributed by atoms with Crippen LogP contribution < -0.4 is 5.19 Å². The van der Waals surface area contributed by atoms with Crippen molar-refractivity contribution in [3.8, 4) is 0 Å². The molecule has 0 aliphatic heterocycles. The monoisotopic (exact) mass is 354 g/mol. The minimum absolute atomic E-state index is 0.494. The summed E-state index contributed by atoms with van der Waals surface area (Å²) in [5, 5.41) is 10.2. The molecule has 2 nitrogen and oxygen atoms in total. The molecule has 0 aromatic carbocycles. The maximum absolute atomic E-state index is 5.96. The molecule has 1 aromatic rings. The average molecular weight is 357 g/mol. The topological polar surface area (TPSA) is 25.8 Å². The minimum atomic E-state index is 0.494. The minimum Gasteiger partial charge on any atom is -0.142 e. The number of nitrogens with zero attached hydrogens (tertiary/aromatic N) is 2. The Bertz CT molecular complexity index is 333. The van der Waals surface area contributed by atoms with Gasteiger partial charge in [0.05, 0.1) is 9.52 Å². The summed E-state index contributed by atoms with van der Waals surface area (Å²) in [5.41, 5.74) is 1.64. The fourth-order valence-electron chi connectivity index (χ4n) is 0.983. The Balaban J connectivity index is 3.16. The smallest absolute Gasteiger partial charge is 0.142 e. The largest absolute Gasteiger partial charge is 0.155 e. The van der Waals surface area contributed by atoms with Crippen molar-refractivity contribution >= 4 is 58.2 Å². The molecular weight excluding hydrogens is 347 g/mol. The van der Waals surface area contributed by atoms with E-state index in [0.29, 0.717) is 20.2 Å². The molecule has 0 saturated carbocycles. The molecule has 2 radical (unpaired) electrons. The Kier molecular flexibility index (Phi) is 5.03. The quantitative estimate of drug-likeness (QED) is 0.615. The summed E-state index contributed by atoms with van der Waals surface area (Å²) in [6, 6.07) is 0. The Labute approximate surface area is 108 Å². The van der Waals surface area contributed by atoms with Crippen molar-refractivity contribution in [1.29, 1.82) is 0 Å². The first-order chi connectivity index (χ1) is 6.56. The highest BCUT2D eigenvalue weighted by molar-refractivity contribution is 9.10. The zero-order valence-electron chi connectivity index (χ0n) is 7.81. The van der Waals surface area contributed by atoms with Crippen LogP contribution in [0.3, 0.4) is 0 Å². The van der Waals surface area contributed by atoms with Gasteiger partial charge in [-0.05, 0) is 21.1 Å². The van der Waals surface area contributed by atoms with Crippen molar-refractivity contribution in [2.75, 3.05) is 0 Å². The van der Waals surface area contributed by atoms with Crippen molar-refractivity contribution in [2.24, 2.45) is 0 Å². The molecule has 0 unspecified atom stereocenters. The normalized spacial score (nSPS) is 11.0. The van der Waals surface area contributed by atoms with Crippen molar-refractivity contribution < 1.29 is 0 Å². The molecular formula is C8H9Br2ClN2Si. The summed E-state index contributed by atoms with van der Waals surface area (Å²) in [6.45, 7) is 4.36. The summed E-state index contributed by atoms with van der Waals surface area (Å²) in [7, 11) is 0.698. The summed E-state index contributed by atoms with van der Waals surface area (Å²) in [5.74, 6) is 0. The SMILES string of the molecule is CC(C)[Si]c1c(Br)nnc(Cl)c1CBr. The second-order valence-corrected chi connectivity index (χ2v) is 6.68. The van der Waals surface area contributed by atoms with Crippen LogP contribution in [0.2, 0.25) is 10.7 Å². The van der Waals surface area contributed by atoms with E-state index in [-0.39, 0.29) is 0 Å². The molecule has 14 heavy (non-hydrogen) atoms. The van der Waals surface area contributed by atoms with Crippen molar-refractivity contribution in [3.63, 3.8) is 0 Å². The molecule has 0 aliphatic rings. The van der Waals surface area contributed by atoms with Crippen LogP contribution in [0.4, 0.5) is 0 Å². The van der Waals surface area contributed by atoms with Gasteiger partial charge in [-0.2, -0.15) is 0 Å². The second kappa shape index (κ2) is 5.58. The molecule has 6 heteroatoms. The van der Waals surface area contributed by atoms with Gasteiger partial charge in [-0.3, -0.25) is 0 Å². The van der Waals surface area contributed by atoms with Gasteiger partial charge in [-0.25, -0.2) is 0 Å². The molecule has 1 aromatic heterocycles. The molecule has 0 bridgehead atoms. The van der Waals surface area contributed by atoms with E-state index in [1.165, 1.54) is 5.19 Å². The van der Waals surface area contributed by atoms with Gasteiger partial charge in [0.15, 0.2) is 5.15 Å². The van der Waals surface area contributed by atoms with Gasteiger partial charge < -0.3 is 0 Å². The molecule has 1 rings (SSSR count). The Morgan fingerprint density at radius 2 is 2.07 bits per heavy atom. The van der Waals surface area contributed by atoms with E-state index in [9.17, 15) is 0 Å². The van der Waals surface area contributed by atoms with E-state index in [4.69, 9.17) is 11.6 Å². The highest BCUT2D eigenvalue weighted by Crippen LogP contribution is 2.17. The summed E-state index contributed by atoms with van der Waals surface area (Å²) >= 11 is 12.8. The number of alkyl halides is 1. The molecule has 0 atom stereocenters. The molecule has 1 heterocycles. The molecule has 0 spiro atoms. The molecule has 0 aliphatic carbocycles. The number of rotatable bonds is 3. The second-order valence-electron chi connectivity index (χ2n) is 3.07. The van der Waals surface area contributed by atoms with Gasteiger partial charge in [0.1, 0.15) is 4.60 Å². The molecule has 0 amide bonds. The maximum Gasteiger partial charge on any atom is 0.155 e. The maximum atomic E-state index is 5.96. The zero-order valence-corrected chi connectivity index (χ0v) is 12.7. The van der Waals surface area contributed by atoms with E-state index in [0.717, 1.165) is 15.5 Å². The Hall–Kier alpha value is 0.547. The van der Waals surface area contributed by atoms with E-state index in [1.54, 1.807) is 0 Å². The van der Waals surface area contributed by atoms with Gasteiger partial charge >= 0.3 is 0 Å². The lowest BCUT2D eigenvalue weighted by atomic mass is 10.3. The predicted molar refractivity (Wildman–Crippen MR) is 67.9 cm³/mol. The lowest BCUT2D eigenvalue weighted by Gasteiger charge is -2.10. The van der Waals surface area contributed by atoms with Gasteiger partial charge in [0.2, 0.25) is 0 Å². The van der Waals surface area contributed by atoms with Crippen molar-refractivity contribution in [3.05, 3.63) is 15.3 Å². The molecule has 0 saturated heterocycles. The Morgan fingerprint density at radius 1 is 1.43 bits per heavy atom. The number of aromatic nitrogens is 2. The number of halogens is 3.